The average molecular weight is 227 g/mol. The first-order valence-electron chi connectivity index (χ1n) is 5.07. The normalized spacial score (nSPS) is 12.4. The number of rotatable bonds is 6. The molecule has 0 saturated carbocycles. The lowest BCUT2D eigenvalue weighted by Gasteiger charge is -2.11. The Labute approximate surface area is 94.5 Å². The Morgan fingerprint density at radius 2 is 2.47 bits per heavy atom. The Hall–Kier alpha value is -0.870. The van der Waals surface area contributed by atoms with E-state index >= 15 is 0 Å². The molecule has 0 unspecified atom stereocenters. The zero-order chi connectivity index (χ0) is 11.1. The maximum absolute atomic E-state index is 10.8. The first-order valence-corrected chi connectivity index (χ1v) is 5.95. The fourth-order valence-electron chi connectivity index (χ4n) is 1.29. The van der Waals surface area contributed by atoms with Gasteiger partial charge in [0, 0.05) is 17.3 Å². The van der Waals surface area contributed by atoms with Crippen molar-refractivity contribution in [3.63, 3.8) is 0 Å². The second kappa shape index (κ2) is 6.58. The molecule has 0 bridgehead atoms. The van der Waals surface area contributed by atoms with Crippen molar-refractivity contribution in [2.24, 2.45) is 0 Å². The minimum Gasteiger partial charge on any atom is -0.469 e. The number of nitrogens with one attached hydrogen (secondary N) is 1. The highest BCUT2D eigenvalue weighted by Gasteiger charge is 2.05. The van der Waals surface area contributed by atoms with E-state index in [2.05, 4.69) is 28.4 Å². The number of ether oxygens (including phenoxy) is 1. The largest absolute Gasteiger partial charge is 0.469 e. The summed E-state index contributed by atoms with van der Waals surface area (Å²) in [6.45, 7) is 2.97. The van der Waals surface area contributed by atoms with E-state index in [4.69, 9.17) is 0 Å². The lowest BCUT2D eigenvalue weighted by molar-refractivity contribution is -0.140. The van der Waals surface area contributed by atoms with Gasteiger partial charge in [0.05, 0.1) is 7.11 Å². The first-order chi connectivity index (χ1) is 7.24. The summed E-state index contributed by atoms with van der Waals surface area (Å²) >= 11 is 1.75. The summed E-state index contributed by atoms with van der Waals surface area (Å²) < 4.78 is 4.56. The van der Waals surface area contributed by atoms with Gasteiger partial charge in [-0.1, -0.05) is 6.07 Å². The molecule has 0 spiro atoms. The van der Waals surface area contributed by atoms with Gasteiger partial charge >= 0.3 is 5.97 Å². The van der Waals surface area contributed by atoms with E-state index in [1.165, 1.54) is 12.0 Å². The molecule has 0 fully saturated rings. The van der Waals surface area contributed by atoms with Gasteiger partial charge in [-0.25, -0.2) is 0 Å². The Morgan fingerprint density at radius 1 is 1.67 bits per heavy atom. The van der Waals surface area contributed by atoms with Crippen molar-refractivity contribution in [3.05, 3.63) is 22.4 Å². The number of esters is 1. The van der Waals surface area contributed by atoms with Crippen molar-refractivity contribution in [2.45, 2.75) is 25.8 Å². The molecule has 1 aromatic heterocycles. The molecule has 0 radical (unpaired) electrons. The summed E-state index contributed by atoms with van der Waals surface area (Å²) in [7, 11) is 1.42. The van der Waals surface area contributed by atoms with Crippen LogP contribution in [0.1, 0.15) is 30.7 Å². The third-order valence-electron chi connectivity index (χ3n) is 2.21. The van der Waals surface area contributed by atoms with E-state index in [9.17, 15) is 4.79 Å². The Balaban J connectivity index is 2.13. The minimum atomic E-state index is -0.138. The quantitative estimate of drug-likeness (QED) is 0.599. The van der Waals surface area contributed by atoms with Gasteiger partial charge in [-0.3, -0.25) is 4.79 Å². The molecule has 1 atom stereocenters. The third kappa shape index (κ3) is 4.44. The molecule has 1 N–H and O–H groups in total. The van der Waals surface area contributed by atoms with Crippen LogP contribution in [0.25, 0.3) is 0 Å². The van der Waals surface area contributed by atoms with E-state index < -0.39 is 0 Å². The van der Waals surface area contributed by atoms with Crippen molar-refractivity contribution >= 4 is 17.3 Å². The smallest absolute Gasteiger partial charge is 0.305 e. The molecule has 1 aromatic rings. The summed E-state index contributed by atoms with van der Waals surface area (Å²) in [5.41, 5.74) is 0. The second-order valence-electron chi connectivity index (χ2n) is 3.37. The van der Waals surface area contributed by atoms with Crippen molar-refractivity contribution in [1.82, 2.24) is 5.32 Å². The topological polar surface area (TPSA) is 38.3 Å². The van der Waals surface area contributed by atoms with Crippen LogP contribution in [0.15, 0.2) is 17.5 Å². The third-order valence-corrected chi connectivity index (χ3v) is 3.26. The minimum absolute atomic E-state index is 0.138. The second-order valence-corrected chi connectivity index (χ2v) is 4.35. The van der Waals surface area contributed by atoms with Gasteiger partial charge in [-0.2, -0.15) is 0 Å². The molecule has 0 aliphatic heterocycles. The van der Waals surface area contributed by atoms with Crippen LogP contribution < -0.4 is 5.32 Å². The fraction of sp³-hybridized carbons (Fsp3) is 0.545. The number of hydrogen-bond acceptors (Lipinski definition) is 4. The Bertz CT molecular complexity index is 285. The van der Waals surface area contributed by atoms with Crippen molar-refractivity contribution < 1.29 is 9.53 Å². The molecule has 1 rings (SSSR count). The molecule has 0 aliphatic carbocycles. The van der Waals surface area contributed by atoms with Gasteiger partial charge in [0.1, 0.15) is 0 Å². The molecular formula is C11H17NO2S. The summed E-state index contributed by atoms with van der Waals surface area (Å²) in [6, 6.07) is 4.53. The van der Waals surface area contributed by atoms with E-state index in [0.717, 1.165) is 13.0 Å². The highest BCUT2D eigenvalue weighted by molar-refractivity contribution is 7.10. The van der Waals surface area contributed by atoms with E-state index in [-0.39, 0.29) is 5.97 Å². The van der Waals surface area contributed by atoms with E-state index in [1.54, 1.807) is 11.3 Å². The molecule has 0 aromatic carbocycles. The van der Waals surface area contributed by atoms with Crippen LogP contribution in [0.3, 0.4) is 0 Å². The summed E-state index contributed by atoms with van der Waals surface area (Å²) in [5, 5.41) is 5.44. The number of carbonyl (C=O) groups is 1. The van der Waals surface area contributed by atoms with Gasteiger partial charge in [0.2, 0.25) is 0 Å². The van der Waals surface area contributed by atoms with Crippen LogP contribution in [-0.2, 0) is 9.53 Å². The van der Waals surface area contributed by atoms with Crippen molar-refractivity contribution in [2.75, 3.05) is 13.7 Å². The van der Waals surface area contributed by atoms with Gasteiger partial charge in [0.15, 0.2) is 0 Å². The van der Waals surface area contributed by atoms with Crippen LogP contribution in [0.4, 0.5) is 0 Å². The van der Waals surface area contributed by atoms with Crippen LogP contribution in [0.5, 0.6) is 0 Å². The van der Waals surface area contributed by atoms with Crippen LogP contribution in [-0.4, -0.2) is 19.6 Å². The fourth-order valence-corrected chi connectivity index (χ4v) is 2.05. The molecule has 0 amide bonds. The van der Waals surface area contributed by atoms with E-state index in [1.807, 2.05) is 6.07 Å². The maximum atomic E-state index is 10.8. The lowest BCUT2D eigenvalue weighted by atomic mass is 10.2. The average Bonchev–Trinajstić information content (AvgIpc) is 2.77. The van der Waals surface area contributed by atoms with Crippen molar-refractivity contribution in [1.29, 1.82) is 0 Å². The zero-order valence-corrected chi connectivity index (χ0v) is 9.97. The molecular weight excluding hydrogens is 210 g/mol. The number of methoxy groups -OCH3 is 1. The number of hydrogen-bond donors (Lipinski definition) is 1. The standard InChI is InChI=1S/C11H17NO2S/c1-9(10-5-4-8-15-10)12-7-3-6-11(13)14-2/h4-5,8-9,12H,3,6-7H2,1-2H3/t9-/m1/s1. The predicted molar refractivity (Wildman–Crippen MR) is 62.0 cm³/mol. The predicted octanol–water partition coefficient (Wildman–Crippen LogP) is 2.35. The summed E-state index contributed by atoms with van der Waals surface area (Å²) in [4.78, 5) is 12.2. The van der Waals surface area contributed by atoms with Crippen molar-refractivity contribution in [3.8, 4) is 0 Å². The van der Waals surface area contributed by atoms with Gasteiger partial charge in [-0.15, -0.1) is 11.3 Å². The first kappa shape index (κ1) is 12.2. The molecule has 4 heteroatoms. The highest BCUT2D eigenvalue weighted by Crippen LogP contribution is 2.17. The lowest BCUT2D eigenvalue weighted by Crippen LogP contribution is -2.19. The van der Waals surface area contributed by atoms with E-state index in [0.29, 0.717) is 12.5 Å². The Morgan fingerprint density at radius 3 is 3.07 bits per heavy atom. The van der Waals surface area contributed by atoms with Gasteiger partial charge in [0.25, 0.3) is 0 Å². The maximum Gasteiger partial charge on any atom is 0.305 e. The summed E-state index contributed by atoms with van der Waals surface area (Å²) in [6.07, 6.45) is 1.31. The molecule has 15 heavy (non-hydrogen) atoms. The monoisotopic (exact) mass is 227 g/mol. The molecule has 3 nitrogen and oxygen atoms in total. The zero-order valence-electron chi connectivity index (χ0n) is 9.16. The molecule has 0 saturated heterocycles. The Kier molecular flexibility index (Phi) is 5.36. The highest BCUT2D eigenvalue weighted by atomic mass is 32.1. The summed E-state index contributed by atoms with van der Waals surface area (Å²) in [5.74, 6) is -0.138. The van der Waals surface area contributed by atoms with Gasteiger partial charge in [-0.05, 0) is 31.3 Å². The van der Waals surface area contributed by atoms with Gasteiger partial charge < -0.3 is 10.1 Å². The number of thiophene rings is 1. The molecule has 0 aliphatic rings. The number of carbonyl (C=O) groups excluding carboxylic acids is 1. The molecule has 84 valence electrons. The van der Waals surface area contributed by atoms with Crippen LogP contribution >= 0.6 is 11.3 Å². The van der Waals surface area contributed by atoms with Crippen LogP contribution in [0.2, 0.25) is 0 Å². The molecule has 1 heterocycles. The van der Waals surface area contributed by atoms with Crippen LogP contribution in [0, 0.1) is 0 Å². The SMILES string of the molecule is COC(=O)CCCN[C@H](C)c1cccs1.